The standard InChI is InChI=1S/C16H21NO3/c1-10-6-3-4-7-12(10)11(2)17-15(18)13-8-5-9-14(13)16(19)20/h3-4,6-7,11,13-14H,5,8-9H2,1-2H3,(H,17,18)(H,19,20)/t11?,13-,14+/m1/s1. The SMILES string of the molecule is Cc1ccccc1C(C)NC(=O)[C@@H]1CCC[C@@H]1C(=O)O. The average Bonchev–Trinajstić information content (AvgIpc) is 2.88. The summed E-state index contributed by atoms with van der Waals surface area (Å²) in [5, 5.41) is 12.1. The van der Waals surface area contributed by atoms with Gasteiger partial charge in [0, 0.05) is 0 Å². The number of rotatable bonds is 4. The number of carboxylic acid groups (broad SMARTS) is 1. The van der Waals surface area contributed by atoms with Crippen LogP contribution in [0.4, 0.5) is 0 Å². The van der Waals surface area contributed by atoms with Gasteiger partial charge in [0.1, 0.15) is 0 Å². The molecule has 0 aliphatic heterocycles. The Bertz CT molecular complexity index is 512. The first-order valence-electron chi connectivity index (χ1n) is 7.09. The van der Waals surface area contributed by atoms with Crippen LogP contribution in [0, 0.1) is 18.8 Å². The van der Waals surface area contributed by atoms with Crippen molar-refractivity contribution in [3.8, 4) is 0 Å². The minimum absolute atomic E-state index is 0.0984. The van der Waals surface area contributed by atoms with E-state index in [1.165, 1.54) is 0 Å². The third-order valence-corrected chi connectivity index (χ3v) is 4.18. The summed E-state index contributed by atoms with van der Waals surface area (Å²) in [5.74, 6) is -1.91. The number of aryl methyl sites for hydroxylation is 1. The molecule has 108 valence electrons. The highest BCUT2D eigenvalue weighted by atomic mass is 16.4. The van der Waals surface area contributed by atoms with Crippen LogP contribution in [0.2, 0.25) is 0 Å². The van der Waals surface area contributed by atoms with Gasteiger partial charge in [-0.25, -0.2) is 0 Å². The Morgan fingerprint density at radius 3 is 2.55 bits per heavy atom. The van der Waals surface area contributed by atoms with E-state index in [4.69, 9.17) is 5.11 Å². The molecular formula is C16H21NO3. The number of aliphatic carboxylic acids is 1. The van der Waals surface area contributed by atoms with Gasteiger partial charge in [0.15, 0.2) is 0 Å². The van der Waals surface area contributed by atoms with Gasteiger partial charge in [-0.1, -0.05) is 30.7 Å². The smallest absolute Gasteiger partial charge is 0.307 e. The van der Waals surface area contributed by atoms with Crippen LogP contribution < -0.4 is 5.32 Å². The fraction of sp³-hybridized carbons (Fsp3) is 0.500. The third kappa shape index (κ3) is 3.00. The van der Waals surface area contributed by atoms with Crippen LogP contribution in [0.5, 0.6) is 0 Å². The van der Waals surface area contributed by atoms with E-state index in [1.54, 1.807) is 0 Å². The fourth-order valence-corrected chi connectivity index (χ4v) is 3.04. The van der Waals surface area contributed by atoms with E-state index in [1.807, 2.05) is 38.1 Å². The zero-order valence-electron chi connectivity index (χ0n) is 11.9. The van der Waals surface area contributed by atoms with E-state index in [2.05, 4.69) is 5.32 Å². The summed E-state index contributed by atoms with van der Waals surface area (Å²) in [6.45, 7) is 3.94. The number of amides is 1. The Morgan fingerprint density at radius 2 is 1.90 bits per heavy atom. The summed E-state index contributed by atoms with van der Waals surface area (Å²) in [7, 11) is 0. The molecule has 1 aromatic rings. The summed E-state index contributed by atoms with van der Waals surface area (Å²) >= 11 is 0. The molecule has 1 fully saturated rings. The molecule has 1 unspecified atom stereocenters. The van der Waals surface area contributed by atoms with Crippen molar-refractivity contribution < 1.29 is 14.7 Å². The highest BCUT2D eigenvalue weighted by Crippen LogP contribution is 2.32. The molecule has 0 heterocycles. The number of carboxylic acids is 1. The lowest BCUT2D eigenvalue weighted by Gasteiger charge is -2.21. The molecule has 2 rings (SSSR count). The molecule has 3 atom stereocenters. The first-order chi connectivity index (χ1) is 9.50. The van der Waals surface area contributed by atoms with E-state index in [-0.39, 0.29) is 17.9 Å². The second-order valence-electron chi connectivity index (χ2n) is 5.57. The predicted octanol–water partition coefficient (Wildman–Crippen LogP) is 2.67. The molecular weight excluding hydrogens is 254 g/mol. The summed E-state index contributed by atoms with van der Waals surface area (Å²) in [4.78, 5) is 23.4. The molecule has 0 bridgehead atoms. The van der Waals surface area contributed by atoms with Crippen LogP contribution >= 0.6 is 0 Å². The van der Waals surface area contributed by atoms with Crippen molar-refractivity contribution in [2.24, 2.45) is 11.8 Å². The predicted molar refractivity (Wildman–Crippen MR) is 76.2 cm³/mol. The fourth-order valence-electron chi connectivity index (χ4n) is 3.04. The Labute approximate surface area is 119 Å². The van der Waals surface area contributed by atoms with Crippen LogP contribution in [0.3, 0.4) is 0 Å². The monoisotopic (exact) mass is 275 g/mol. The van der Waals surface area contributed by atoms with Gasteiger partial charge in [-0.3, -0.25) is 9.59 Å². The van der Waals surface area contributed by atoms with Crippen LogP contribution in [0.25, 0.3) is 0 Å². The van der Waals surface area contributed by atoms with Crippen molar-refractivity contribution in [1.82, 2.24) is 5.32 Å². The Morgan fingerprint density at radius 1 is 1.25 bits per heavy atom. The van der Waals surface area contributed by atoms with Gasteiger partial charge in [-0.2, -0.15) is 0 Å². The maximum atomic E-state index is 12.3. The van der Waals surface area contributed by atoms with Crippen molar-refractivity contribution in [2.45, 2.75) is 39.2 Å². The zero-order valence-corrected chi connectivity index (χ0v) is 11.9. The minimum atomic E-state index is -0.855. The van der Waals surface area contributed by atoms with Crippen molar-refractivity contribution in [3.63, 3.8) is 0 Å². The molecule has 2 N–H and O–H groups in total. The largest absolute Gasteiger partial charge is 0.481 e. The van der Waals surface area contributed by atoms with Crippen LogP contribution in [-0.2, 0) is 9.59 Å². The quantitative estimate of drug-likeness (QED) is 0.887. The number of hydrogen-bond donors (Lipinski definition) is 2. The molecule has 4 heteroatoms. The lowest BCUT2D eigenvalue weighted by atomic mass is 9.94. The van der Waals surface area contributed by atoms with Gasteiger partial charge < -0.3 is 10.4 Å². The Hall–Kier alpha value is -1.84. The van der Waals surface area contributed by atoms with Crippen molar-refractivity contribution >= 4 is 11.9 Å². The van der Waals surface area contributed by atoms with E-state index in [0.29, 0.717) is 12.8 Å². The van der Waals surface area contributed by atoms with Crippen molar-refractivity contribution in [3.05, 3.63) is 35.4 Å². The second kappa shape index (κ2) is 6.07. The zero-order chi connectivity index (χ0) is 14.7. The van der Waals surface area contributed by atoms with Crippen LogP contribution in [-0.4, -0.2) is 17.0 Å². The van der Waals surface area contributed by atoms with Crippen LogP contribution in [0.15, 0.2) is 24.3 Å². The first kappa shape index (κ1) is 14.6. The Balaban J connectivity index is 2.04. The normalized spacial score (nSPS) is 23.3. The summed E-state index contributed by atoms with van der Waals surface area (Å²) in [6.07, 6.45) is 2.09. The van der Waals surface area contributed by atoms with Crippen LogP contribution in [0.1, 0.15) is 43.4 Å². The summed E-state index contributed by atoms with van der Waals surface area (Å²) < 4.78 is 0. The van der Waals surface area contributed by atoms with E-state index in [0.717, 1.165) is 17.5 Å². The lowest BCUT2D eigenvalue weighted by Crippen LogP contribution is -2.36. The molecule has 0 aromatic heterocycles. The number of carbonyl (C=O) groups excluding carboxylic acids is 1. The third-order valence-electron chi connectivity index (χ3n) is 4.18. The van der Waals surface area contributed by atoms with Gasteiger partial charge in [-0.15, -0.1) is 0 Å². The molecule has 1 saturated carbocycles. The molecule has 1 aliphatic carbocycles. The second-order valence-corrected chi connectivity index (χ2v) is 5.57. The number of nitrogens with one attached hydrogen (secondary N) is 1. The van der Waals surface area contributed by atoms with Crippen molar-refractivity contribution in [1.29, 1.82) is 0 Å². The molecule has 1 amide bonds. The van der Waals surface area contributed by atoms with Gasteiger partial charge in [0.05, 0.1) is 17.9 Å². The van der Waals surface area contributed by atoms with Gasteiger partial charge in [-0.05, 0) is 37.8 Å². The topological polar surface area (TPSA) is 66.4 Å². The van der Waals surface area contributed by atoms with Gasteiger partial charge in [0.25, 0.3) is 0 Å². The molecule has 4 nitrogen and oxygen atoms in total. The summed E-state index contributed by atoms with van der Waals surface area (Å²) in [5.41, 5.74) is 2.20. The molecule has 0 spiro atoms. The number of hydrogen-bond acceptors (Lipinski definition) is 2. The van der Waals surface area contributed by atoms with E-state index < -0.39 is 11.9 Å². The minimum Gasteiger partial charge on any atom is -0.481 e. The van der Waals surface area contributed by atoms with Crippen molar-refractivity contribution in [2.75, 3.05) is 0 Å². The van der Waals surface area contributed by atoms with E-state index in [9.17, 15) is 9.59 Å². The first-order valence-corrected chi connectivity index (χ1v) is 7.09. The average molecular weight is 275 g/mol. The molecule has 0 radical (unpaired) electrons. The molecule has 1 aromatic carbocycles. The summed E-state index contributed by atoms with van der Waals surface area (Å²) in [6, 6.07) is 7.81. The maximum absolute atomic E-state index is 12.3. The lowest BCUT2D eigenvalue weighted by molar-refractivity contribution is -0.146. The number of carbonyl (C=O) groups is 2. The highest BCUT2D eigenvalue weighted by Gasteiger charge is 2.38. The number of benzene rings is 1. The molecule has 1 aliphatic rings. The highest BCUT2D eigenvalue weighted by molar-refractivity contribution is 5.85. The maximum Gasteiger partial charge on any atom is 0.307 e. The molecule has 20 heavy (non-hydrogen) atoms. The van der Waals surface area contributed by atoms with E-state index >= 15 is 0 Å². The Kier molecular flexibility index (Phi) is 4.42. The molecule has 0 saturated heterocycles. The van der Waals surface area contributed by atoms with Gasteiger partial charge >= 0.3 is 5.97 Å². The van der Waals surface area contributed by atoms with Gasteiger partial charge in [0.2, 0.25) is 5.91 Å².